The molecule has 2 amide bonds. The predicted molar refractivity (Wildman–Crippen MR) is 130 cm³/mol. The molecule has 6 nitrogen and oxygen atoms in total. The van der Waals surface area contributed by atoms with Gasteiger partial charge in [-0.15, -0.1) is 0 Å². The first-order valence-electron chi connectivity index (χ1n) is 11.3. The molecule has 0 N–H and O–H groups in total. The number of aryl methyl sites for hydroxylation is 2. The molecule has 3 aromatic rings. The van der Waals surface area contributed by atoms with E-state index in [4.69, 9.17) is 0 Å². The molecule has 0 bridgehead atoms. The van der Waals surface area contributed by atoms with Crippen LogP contribution in [0.1, 0.15) is 16.7 Å². The van der Waals surface area contributed by atoms with Crippen molar-refractivity contribution in [2.24, 2.45) is 0 Å². The predicted octanol–water partition coefficient (Wildman–Crippen LogP) is 3.94. The van der Waals surface area contributed by atoms with Gasteiger partial charge < -0.3 is 9.80 Å². The number of carbonyl (C=O) groups is 2. The average molecular weight is 457 g/mol. The number of carbonyl (C=O) groups excluding carboxylic acids is 2. The van der Waals surface area contributed by atoms with E-state index in [1.807, 2.05) is 55.1 Å². The van der Waals surface area contributed by atoms with Crippen molar-refractivity contribution >= 4 is 28.9 Å². The quantitative estimate of drug-likeness (QED) is 0.557. The number of hydrogen-bond donors (Lipinski definition) is 0. The molecule has 2 aliphatic rings. The van der Waals surface area contributed by atoms with Gasteiger partial charge in [0.25, 0.3) is 11.8 Å². The lowest BCUT2D eigenvalue weighted by molar-refractivity contribution is -0.120. The van der Waals surface area contributed by atoms with E-state index >= 15 is 0 Å². The van der Waals surface area contributed by atoms with E-state index in [1.54, 1.807) is 18.3 Å². The van der Waals surface area contributed by atoms with E-state index in [0.717, 1.165) is 16.9 Å². The maximum atomic E-state index is 13.8. The van der Waals surface area contributed by atoms with Gasteiger partial charge in [0, 0.05) is 32.4 Å². The molecule has 0 atom stereocenters. The summed E-state index contributed by atoms with van der Waals surface area (Å²) in [5.41, 5.74) is 3.61. The zero-order chi connectivity index (χ0) is 23.8. The number of hydrogen-bond acceptors (Lipinski definition) is 5. The summed E-state index contributed by atoms with van der Waals surface area (Å²) in [5.74, 6) is -0.226. The third kappa shape index (κ3) is 3.83. The minimum atomic E-state index is -0.391. The summed E-state index contributed by atoms with van der Waals surface area (Å²) in [6, 6.07) is 17.3. The van der Waals surface area contributed by atoms with Crippen molar-refractivity contribution in [3.8, 4) is 0 Å². The third-order valence-electron chi connectivity index (χ3n) is 6.37. The van der Waals surface area contributed by atoms with E-state index in [0.29, 0.717) is 48.7 Å². The molecule has 172 valence electrons. The largest absolute Gasteiger partial charge is 0.363 e. The first-order chi connectivity index (χ1) is 16.4. The van der Waals surface area contributed by atoms with Crippen LogP contribution in [0.4, 0.5) is 15.9 Å². The number of anilines is 2. The van der Waals surface area contributed by atoms with E-state index < -0.39 is 5.82 Å². The number of imide groups is 1. The van der Waals surface area contributed by atoms with Gasteiger partial charge in [0.15, 0.2) is 0 Å². The van der Waals surface area contributed by atoms with Gasteiger partial charge in [0.2, 0.25) is 0 Å². The van der Waals surface area contributed by atoms with Crippen LogP contribution < -0.4 is 9.80 Å². The maximum Gasteiger partial charge on any atom is 0.282 e. The van der Waals surface area contributed by atoms with Crippen LogP contribution in [-0.4, -0.2) is 47.9 Å². The fourth-order valence-corrected chi connectivity index (χ4v) is 4.57. The Kier molecular flexibility index (Phi) is 5.61. The molecule has 1 aromatic heterocycles. The van der Waals surface area contributed by atoms with Gasteiger partial charge in [-0.25, -0.2) is 14.3 Å². The number of rotatable bonds is 4. The van der Waals surface area contributed by atoms with Crippen molar-refractivity contribution < 1.29 is 14.0 Å². The number of pyridine rings is 1. The highest BCUT2D eigenvalue weighted by molar-refractivity contribution is 6.45. The highest BCUT2D eigenvalue weighted by Gasteiger charge is 2.43. The lowest BCUT2D eigenvalue weighted by Crippen LogP contribution is -2.48. The molecular weight excluding hydrogens is 431 g/mol. The molecular formula is C27H25FN4O2. The van der Waals surface area contributed by atoms with E-state index in [1.165, 1.54) is 17.0 Å². The molecule has 1 fully saturated rings. The van der Waals surface area contributed by atoms with Crippen molar-refractivity contribution in [3.05, 3.63) is 95.1 Å². The normalized spacial score (nSPS) is 16.6. The second kappa shape index (κ2) is 8.74. The van der Waals surface area contributed by atoms with Gasteiger partial charge in [-0.3, -0.25) is 9.59 Å². The van der Waals surface area contributed by atoms with E-state index in [9.17, 15) is 14.0 Å². The van der Waals surface area contributed by atoms with Crippen LogP contribution >= 0.6 is 0 Å². The Morgan fingerprint density at radius 1 is 0.824 bits per heavy atom. The van der Waals surface area contributed by atoms with Gasteiger partial charge in [0.1, 0.15) is 17.3 Å². The van der Waals surface area contributed by atoms with Gasteiger partial charge in [-0.2, -0.15) is 0 Å². The van der Waals surface area contributed by atoms with E-state index in [-0.39, 0.29) is 11.8 Å². The first kappa shape index (κ1) is 21.8. The molecule has 5 rings (SSSR count). The monoisotopic (exact) mass is 456 g/mol. The topological polar surface area (TPSA) is 56.8 Å². The molecule has 1 saturated heterocycles. The van der Waals surface area contributed by atoms with Crippen molar-refractivity contribution in [1.82, 2.24) is 9.88 Å². The van der Waals surface area contributed by atoms with Gasteiger partial charge in [-0.1, -0.05) is 30.3 Å². The lowest BCUT2D eigenvalue weighted by atomic mass is 10.0. The van der Waals surface area contributed by atoms with E-state index in [2.05, 4.69) is 9.88 Å². The Morgan fingerprint density at radius 2 is 1.53 bits per heavy atom. The molecule has 7 heteroatoms. The number of halogens is 1. The highest BCUT2D eigenvalue weighted by Crippen LogP contribution is 2.37. The van der Waals surface area contributed by atoms with Gasteiger partial charge in [-0.05, 0) is 60.9 Å². The van der Waals surface area contributed by atoms with Crippen molar-refractivity contribution in [2.75, 3.05) is 36.0 Å². The smallest absolute Gasteiger partial charge is 0.282 e. The number of benzene rings is 2. The Bertz CT molecular complexity index is 1280. The molecule has 0 radical (unpaired) electrons. The highest BCUT2D eigenvalue weighted by atomic mass is 19.1. The molecule has 2 aromatic carbocycles. The molecule has 0 saturated carbocycles. The summed E-state index contributed by atoms with van der Waals surface area (Å²) in [7, 11) is 0. The minimum absolute atomic E-state index is 0.317. The van der Waals surface area contributed by atoms with Crippen LogP contribution in [0.15, 0.2) is 72.6 Å². The lowest BCUT2D eigenvalue weighted by Gasteiger charge is -2.37. The number of piperazine rings is 1. The minimum Gasteiger partial charge on any atom is -0.363 e. The zero-order valence-electron chi connectivity index (χ0n) is 19.2. The fraction of sp³-hybridized carbons (Fsp3) is 0.222. The SMILES string of the molecule is Cc1ccc(C)c(N2C(=O)C(c3ccc(F)cc3)=C(N3CCN(c4ccccn4)CC3)C2=O)c1. The second-order valence-corrected chi connectivity index (χ2v) is 8.63. The first-order valence-corrected chi connectivity index (χ1v) is 11.3. The van der Waals surface area contributed by atoms with Crippen molar-refractivity contribution in [2.45, 2.75) is 13.8 Å². The van der Waals surface area contributed by atoms with Crippen LogP contribution in [0.5, 0.6) is 0 Å². The zero-order valence-corrected chi connectivity index (χ0v) is 19.2. The second-order valence-electron chi connectivity index (χ2n) is 8.63. The molecule has 0 unspecified atom stereocenters. The van der Waals surface area contributed by atoms with Crippen LogP contribution in [0.2, 0.25) is 0 Å². The van der Waals surface area contributed by atoms with Gasteiger partial charge >= 0.3 is 0 Å². The molecule has 0 aliphatic carbocycles. The standard InChI is InChI=1S/C27H25FN4O2/c1-18-6-7-19(2)22(17-18)32-26(33)24(20-8-10-21(28)11-9-20)25(27(32)34)31-15-13-30(14-16-31)23-5-3-4-12-29-23/h3-12,17H,13-16H2,1-2H3. The Morgan fingerprint density at radius 3 is 2.21 bits per heavy atom. The number of amides is 2. The molecule has 3 heterocycles. The van der Waals surface area contributed by atoms with Crippen LogP contribution in [0, 0.1) is 19.7 Å². The van der Waals surface area contributed by atoms with Crippen molar-refractivity contribution in [3.63, 3.8) is 0 Å². The third-order valence-corrected chi connectivity index (χ3v) is 6.37. The van der Waals surface area contributed by atoms with Crippen molar-refractivity contribution in [1.29, 1.82) is 0 Å². The molecule has 2 aliphatic heterocycles. The number of nitrogens with zero attached hydrogens (tertiary/aromatic N) is 4. The molecule has 34 heavy (non-hydrogen) atoms. The Balaban J connectivity index is 1.53. The van der Waals surface area contributed by atoms with Crippen LogP contribution in [0.3, 0.4) is 0 Å². The van der Waals surface area contributed by atoms with Crippen LogP contribution in [0.25, 0.3) is 5.57 Å². The Hall–Kier alpha value is -4.00. The summed E-state index contributed by atoms with van der Waals surface area (Å²) in [6.45, 7) is 6.29. The fourth-order valence-electron chi connectivity index (χ4n) is 4.57. The molecule has 0 spiro atoms. The van der Waals surface area contributed by atoms with Crippen LogP contribution in [-0.2, 0) is 9.59 Å². The summed E-state index contributed by atoms with van der Waals surface area (Å²) in [6.07, 6.45) is 1.76. The summed E-state index contributed by atoms with van der Waals surface area (Å²) in [5, 5.41) is 0. The Labute approximate surface area is 197 Å². The average Bonchev–Trinajstić information content (AvgIpc) is 3.11. The van der Waals surface area contributed by atoms with Gasteiger partial charge in [0.05, 0.1) is 11.3 Å². The maximum absolute atomic E-state index is 13.8. The summed E-state index contributed by atoms with van der Waals surface area (Å²) >= 11 is 0. The summed E-state index contributed by atoms with van der Waals surface area (Å²) < 4.78 is 13.6. The summed E-state index contributed by atoms with van der Waals surface area (Å²) in [4.78, 5) is 37.3. The number of aromatic nitrogens is 1.